The van der Waals surface area contributed by atoms with Crippen LogP contribution in [-0.2, 0) is 0 Å². The molecule has 0 bridgehead atoms. The molecule has 106 valence electrons. The molecule has 1 aromatic carbocycles. The van der Waals surface area contributed by atoms with Crippen LogP contribution in [0.15, 0.2) is 36.7 Å². The summed E-state index contributed by atoms with van der Waals surface area (Å²) in [6.45, 7) is 0. The summed E-state index contributed by atoms with van der Waals surface area (Å²) in [5.41, 5.74) is -0.637. The second kappa shape index (κ2) is 5.01. The van der Waals surface area contributed by atoms with Crippen molar-refractivity contribution >= 4 is 22.1 Å². The molecule has 3 aromatic rings. The molecule has 0 aliphatic heterocycles. The van der Waals surface area contributed by atoms with Gasteiger partial charge in [0, 0.05) is 28.9 Å². The summed E-state index contributed by atoms with van der Waals surface area (Å²) < 4.78 is 53.4. The fourth-order valence-corrected chi connectivity index (χ4v) is 1.96. The molecule has 0 radical (unpaired) electrons. The average molecular weight is 293 g/mol. The lowest BCUT2D eigenvalue weighted by molar-refractivity contribution is 0.411. The number of aromatic nitrogens is 2. The standard InChI is InChI=1S/C14H7F4N3/c15-10-12(11(16)14(18)21-13(10)17)20-9-3-1-2-7-6-19-5-4-8(7)9/h1-6H,(H,20,21). The third-order valence-electron chi connectivity index (χ3n) is 2.94. The van der Waals surface area contributed by atoms with Crippen molar-refractivity contribution in [3.63, 3.8) is 0 Å². The molecule has 0 amide bonds. The zero-order valence-electron chi connectivity index (χ0n) is 10.4. The van der Waals surface area contributed by atoms with Crippen molar-refractivity contribution in [3.8, 4) is 0 Å². The average Bonchev–Trinajstić information content (AvgIpc) is 2.50. The first-order valence-corrected chi connectivity index (χ1v) is 5.87. The van der Waals surface area contributed by atoms with Crippen LogP contribution in [0.3, 0.4) is 0 Å². The van der Waals surface area contributed by atoms with Crippen LogP contribution in [0.5, 0.6) is 0 Å². The molecule has 0 saturated carbocycles. The van der Waals surface area contributed by atoms with Crippen LogP contribution in [0.4, 0.5) is 28.9 Å². The van der Waals surface area contributed by atoms with E-state index in [-0.39, 0.29) is 5.69 Å². The van der Waals surface area contributed by atoms with Gasteiger partial charge in [0.1, 0.15) is 5.69 Å². The third kappa shape index (κ3) is 2.26. The summed E-state index contributed by atoms with van der Waals surface area (Å²) in [4.78, 5) is 6.42. The summed E-state index contributed by atoms with van der Waals surface area (Å²) in [7, 11) is 0. The van der Waals surface area contributed by atoms with Crippen molar-refractivity contribution in [2.75, 3.05) is 5.32 Å². The van der Waals surface area contributed by atoms with E-state index < -0.39 is 29.2 Å². The largest absolute Gasteiger partial charge is 0.350 e. The molecule has 1 N–H and O–H groups in total. The molecule has 0 aliphatic rings. The Labute approximate surface area is 116 Å². The number of benzene rings is 1. The van der Waals surface area contributed by atoms with E-state index in [9.17, 15) is 17.6 Å². The quantitative estimate of drug-likeness (QED) is 0.574. The number of fused-ring (bicyclic) bond motifs is 1. The van der Waals surface area contributed by atoms with Gasteiger partial charge in [-0.1, -0.05) is 12.1 Å². The van der Waals surface area contributed by atoms with Crippen molar-refractivity contribution < 1.29 is 17.6 Å². The Morgan fingerprint density at radius 3 is 2.33 bits per heavy atom. The molecule has 0 aliphatic carbocycles. The molecule has 3 nitrogen and oxygen atoms in total. The van der Waals surface area contributed by atoms with Gasteiger partial charge in [0.2, 0.25) is 11.6 Å². The van der Waals surface area contributed by atoms with Gasteiger partial charge in [-0.25, -0.2) is 0 Å². The molecular formula is C14H7F4N3. The molecule has 0 saturated heterocycles. The van der Waals surface area contributed by atoms with Crippen LogP contribution >= 0.6 is 0 Å². The predicted molar refractivity (Wildman–Crippen MR) is 69.1 cm³/mol. The van der Waals surface area contributed by atoms with Crippen LogP contribution < -0.4 is 5.32 Å². The molecule has 0 fully saturated rings. The lowest BCUT2D eigenvalue weighted by Crippen LogP contribution is -2.06. The van der Waals surface area contributed by atoms with E-state index in [0.29, 0.717) is 10.8 Å². The van der Waals surface area contributed by atoms with Crippen molar-refractivity contribution in [2.45, 2.75) is 0 Å². The van der Waals surface area contributed by atoms with Crippen molar-refractivity contribution in [1.29, 1.82) is 0 Å². The number of nitrogens with one attached hydrogen (secondary N) is 1. The third-order valence-corrected chi connectivity index (χ3v) is 2.94. The van der Waals surface area contributed by atoms with E-state index in [1.165, 1.54) is 12.3 Å². The first kappa shape index (κ1) is 13.3. The van der Waals surface area contributed by atoms with E-state index in [0.717, 1.165) is 0 Å². The summed E-state index contributed by atoms with van der Waals surface area (Å²) in [6.07, 6.45) is 3.05. The van der Waals surface area contributed by atoms with Crippen molar-refractivity contribution in [1.82, 2.24) is 9.97 Å². The van der Waals surface area contributed by atoms with Gasteiger partial charge in [-0.3, -0.25) is 4.98 Å². The monoisotopic (exact) mass is 293 g/mol. The fourth-order valence-electron chi connectivity index (χ4n) is 1.96. The number of hydrogen-bond donors (Lipinski definition) is 1. The molecule has 2 aromatic heterocycles. The van der Waals surface area contributed by atoms with Gasteiger partial charge in [0.15, 0.2) is 0 Å². The summed E-state index contributed by atoms with van der Waals surface area (Å²) in [6, 6.07) is 6.50. The lowest BCUT2D eigenvalue weighted by atomic mass is 10.1. The lowest BCUT2D eigenvalue weighted by Gasteiger charge is -2.11. The first-order valence-electron chi connectivity index (χ1n) is 5.87. The molecule has 21 heavy (non-hydrogen) atoms. The molecule has 0 spiro atoms. The number of halogens is 4. The number of rotatable bonds is 2. The molecule has 0 atom stereocenters. The van der Waals surface area contributed by atoms with Crippen molar-refractivity contribution in [3.05, 3.63) is 60.2 Å². The Hall–Kier alpha value is -2.70. The minimum atomic E-state index is -1.71. The highest BCUT2D eigenvalue weighted by molar-refractivity contribution is 5.94. The Bertz CT molecular complexity index is 804. The van der Waals surface area contributed by atoms with Gasteiger partial charge in [0.25, 0.3) is 11.9 Å². The highest BCUT2D eigenvalue weighted by atomic mass is 19.2. The Kier molecular flexibility index (Phi) is 3.17. The maximum atomic E-state index is 13.6. The Morgan fingerprint density at radius 2 is 1.62 bits per heavy atom. The van der Waals surface area contributed by atoms with Gasteiger partial charge in [-0.2, -0.15) is 22.5 Å². The van der Waals surface area contributed by atoms with E-state index >= 15 is 0 Å². The predicted octanol–water partition coefficient (Wildman–Crippen LogP) is 3.93. The van der Waals surface area contributed by atoms with Gasteiger partial charge in [0.05, 0.1) is 0 Å². The number of anilines is 2. The molecule has 7 heteroatoms. The first-order chi connectivity index (χ1) is 10.1. The van der Waals surface area contributed by atoms with Gasteiger partial charge in [-0.15, -0.1) is 0 Å². The minimum absolute atomic E-state index is 0.290. The fraction of sp³-hybridized carbons (Fsp3) is 0. The summed E-state index contributed by atoms with van der Waals surface area (Å²) in [5.74, 6) is -6.59. The number of hydrogen-bond acceptors (Lipinski definition) is 3. The zero-order valence-corrected chi connectivity index (χ0v) is 10.4. The summed E-state index contributed by atoms with van der Waals surface area (Å²) >= 11 is 0. The number of nitrogens with zero attached hydrogens (tertiary/aromatic N) is 2. The summed E-state index contributed by atoms with van der Waals surface area (Å²) in [5, 5.41) is 3.67. The second-order valence-corrected chi connectivity index (χ2v) is 4.22. The maximum Gasteiger partial charge on any atom is 0.253 e. The van der Waals surface area contributed by atoms with Crippen molar-refractivity contribution in [2.24, 2.45) is 0 Å². The van der Waals surface area contributed by atoms with Crippen LogP contribution in [0, 0.1) is 23.5 Å². The van der Waals surface area contributed by atoms with Crippen LogP contribution in [0.25, 0.3) is 10.8 Å². The van der Waals surface area contributed by atoms with Crippen LogP contribution in [0.2, 0.25) is 0 Å². The molecular weight excluding hydrogens is 286 g/mol. The topological polar surface area (TPSA) is 37.8 Å². The van der Waals surface area contributed by atoms with Crippen LogP contribution in [0.1, 0.15) is 0 Å². The Morgan fingerprint density at radius 1 is 0.905 bits per heavy atom. The SMILES string of the molecule is Fc1nc(F)c(F)c(Nc2cccc3cnccc23)c1F. The molecule has 3 rings (SSSR count). The van der Waals surface area contributed by atoms with E-state index in [2.05, 4.69) is 15.3 Å². The van der Waals surface area contributed by atoms with Crippen LogP contribution in [-0.4, -0.2) is 9.97 Å². The molecule has 2 heterocycles. The van der Waals surface area contributed by atoms with E-state index in [1.807, 2.05) is 0 Å². The minimum Gasteiger partial charge on any atom is -0.350 e. The highest BCUT2D eigenvalue weighted by Crippen LogP contribution is 2.29. The second-order valence-electron chi connectivity index (χ2n) is 4.22. The maximum absolute atomic E-state index is 13.6. The zero-order chi connectivity index (χ0) is 15.0. The van der Waals surface area contributed by atoms with Gasteiger partial charge in [-0.05, 0) is 12.1 Å². The van der Waals surface area contributed by atoms with Gasteiger partial charge >= 0.3 is 0 Å². The Balaban J connectivity index is 2.16. The highest BCUT2D eigenvalue weighted by Gasteiger charge is 2.21. The number of pyridine rings is 2. The van der Waals surface area contributed by atoms with Gasteiger partial charge < -0.3 is 5.32 Å². The molecule has 0 unspecified atom stereocenters. The van der Waals surface area contributed by atoms with E-state index in [4.69, 9.17) is 0 Å². The normalized spacial score (nSPS) is 10.9. The van der Waals surface area contributed by atoms with E-state index in [1.54, 1.807) is 24.4 Å². The smallest absolute Gasteiger partial charge is 0.253 e.